The molecular weight excluding hydrogens is 390 g/mol. The summed E-state index contributed by atoms with van der Waals surface area (Å²) in [5.74, 6) is 0.0865. The summed E-state index contributed by atoms with van der Waals surface area (Å²) in [4.78, 5) is 14.6. The third-order valence-electron chi connectivity index (χ3n) is 4.16. The minimum Gasteiger partial charge on any atom is -0.463 e. The minimum absolute atomic E-state index is 0.0197. The standard InChI is InChI=1S/C18H17N9O3/c1-26(12-6-3-2-4-7-12)11-14-15(18(28)22-20-10-13-8-5-9-29-13)21-25-27(14)17-16(19)23-30-24-17/h2-10H,11H2,1H3,(H2,19,23)(H,22,28)/b20-10+. The Morgan fingerprint density at radius 2 is 2.10 bits per heavy atom. The maximum Gasteiger partial charge on any atom is 0.293 e. The van der Waals surface area contributed by atoms with Crippen LogP contribution in [-0.2, 0) is 6.54 Å². The fourth-order valence-electron chi connectivity index (χ4n) is 2.70. The summed E-state index contributed by atoms with van der Waals surface area (Å²) in [6, 6.07) is 13.0. The summed E-state index contributed by atoms with van der Waals surface area (Å²) in [6.07, 6.45) is 2.88. The van der Waals surface area contributed by atoms with E-state index in [-0.39, 0.29) is 23.9 Å². The predicted molar refractivity (Wildman–Crippen MR) is 106 cm³/mol. The molecule has 0 unspecified atom stereocenters. The van der Waals surface area contributed by atoms with Crippen LogP contribution in [0, 0.1) is 0 Å². The molecule has 3 heterocycles. The number of nitrogens with zero attached hydrogens (tertiary/aromatic N) is 7. The highest BCUT2D eigenvalue weighted by molar-refractivity contribution is 5.94. The number of hydrogen-bond donors (Lipinski definition) is 2. The van der Waals surface area contributed by atoms with Crippen LogP contribution in [-0.4, -0.2) is 44.5 Å². The van der Waals surface area contributed by atoms with Gasteiger partial charge in [-0.2, -0.15) is 9.78 Å². The summed E-state index contributed by atoms with van der Waals surface area (Å²) in [5.41, 5.74) is 9.62. The number of carbonyl (C=O) groups excluding carboxylic acids is 1. The number of benzene rings is 1. The van der Waals surface area contributed by atoms with E-state index in [0.717, 1.165) is 5.69 Å². The van der Waals surface area contributed by atoms with E-state index in [1.807, 2.05) is 42.3 Å². The number of furan rings is 1. The maximum atomic E-state index is 12.7. The molecule has 152 valence electrons. The van der Waals surface area contributed by atoms with Gasteiger partial charge in [-0.1, -0.05) is 23.4 Å². The molecule has 4 aromatic rings. The zero-order chi connectivity index (χ0) is 20.9. The number of nitrogens with two attached hydrogens (primary N) is 1. The van der Waals surface area contributed by atoms with Crippen LogP contribution in [0.25, 0.3) is 5.82 Å². The number of carbonyl (C=O) groups is 1. The van der Waals surface area contributed by atoms with E-state index in [4.69, 9.17) is 10.2 Å². The van der Waals surface area contributed by atoms with E-state index in [2.05, 4.69) is 35.8 Å². The highest BCUT2D eigenvalue weighted by Crippen LogP contribution is 2.20. The zero-order valence-electron chi connectivity index (χ0n) is 15.8. The first kappa shape index (κ1) is 18.9. The normalized spacial score (nSPS) is 11.1. The first-order valence-electron chi connectivity index (χ1n) is 8.79. The van der Waals surface area contributed by atoms with Crippen LogP contribution in [0.4, 0.5) is 11.5 Å². The van der Waals surface area contributed by atoms with E-state index < -0.39 is 5.91 Å². The summed E-state index contributed by atoms with van der Waals surface area (Å²) in [7, 11) is 1.87. The van der Waals surface area contributed by atoms with Gasteiger partial charge in [-0.05, 0) is 34.6 Å². The van der Waals surface area contributed by atoms with Crippen LogP contribution in [0.1, 0.15) is 21.9 Å². The Kier molecular flexibility index (Phi) is 5.19. The van der Waals surface area contributed by atoms with E-state index in [1.165, 1.54) is 17.2 Å². The summed E-state index contributed by atoms with van der Waals surface area (Å²) < 4.78 is 11.1. The number of rotatable bonds is 7. The van der Waals surface area contributed by atoms with Crippen molar-refractivity contribution in [3.63, 3.8) is 0 Å². The SMILES string of the molecule is CN(Cc1c(C(=O)N/N=C/c2ccco2)nnn1-c1nonc1N)c1ccccc1. The van der Waals surface area contributed by atoms with E-state index >= 15 is 0 Å². The van der Waals surface area contributed by atoms with Crippen molar-refractivity contribution in [1.29, 1.82) is 0 Å². The van der Waals surface area contributed by atoms with Crippen molar-refractivity contribution in [2.45, 2.75) is 6.54 Å². The van der Waals surface area contributed by atoms with Gasteiger partial charge >= 0.3 is 0 Å². The maximum absolute atomic E-state index is 12.7. The van der Waals surface area contributed by atoms with Gasteiger partial charge in [-0.15, -0.1) is 5.10 Å². The van der Waals surface area contributed by atoms with Gasteiger partial charge in [0.25, 0.3) is 5.91 Å². The molecule has 1 aromatic carbocycles. The minimum atomic E-state index is -0.560. The molecule has 0 aliphatic rings. The molecule has 0 aliphatic heterocycles. The third kappa shape index (κ3) is 3.87. The number of amides is 1. The average molecular weight is 407 g/mol. The van der Waals surface area contributed by atoms with Gasteiger partial charge in [-0.3, -0.25) is 4.79 Å². The quantitative estimate of drug-likeness (QED) is 0.340. The lowest BCUT2D eigenvalue weighted by Crippen LogP contribution is -2.24. The summed E-state index contributed by atoms with van der Waals surface area (Å²) in [5, 5.41) is 19.2. The van der Waals surface area contributed by atoms with Crippen LogP contribution < -0.4 is 16.1 Å². The molecule has 0 bridgehead atoms. The van der Waals surface area contributed by atoms with Crippen molar-refractivity contribution >= 4 is 23.6 Å². The molecule has 1 amide bonds. The van der Waals surface area contributed by atoms with Crippen LogP contribution in [0.2, 0.25) is 0 Å². The summed E-state index contributed by atoms with van der Waals surface area (Å²) in [6.45, 7) is 0.272. The lowest BCUT2D eigenvalue weighted by Gasteiger charge is -2.19. The molecular formula is C18H17N9O3. The molecule has 0 atom stereocenters. The molecule has 0 saturated carbocycles. The second-order valence-electron chi connectivity index (χ2n) is 6.18. The van der Waals surface area contributed by atoms with Crippen molar-refractivity contribution in [2.24, 2.45) is 5.10 Å². The molecule has 0 saturated heterocycles. The van der Waals surface area contributed by atoms with Crippen LogP contribution in [0.15, 0.2) is 62.9 Å². The lowest BCUT2D eigenvalue weighted by molar-refractivity contribution is 0.0949. The van der Waals surface area contributed by atoms with Crippen LogP contribution in [0.5, 0.6) is 0 Å². The fourth-order valence-corrected chi connectivity index (χ4v) is 2.70. The monoisotopic (exact) mass is 407 g/mol. The van der Waals surface area contributed by atoms with Crippen LogP contribution >= 0.6 is 0 Å². The number of para-hydroxylation sites is 1. The Hall–Kier alpha value is -4.48. The predicted octanol–water partition coefficient (Wildman–Crippen LogP) is 1.23. The zero-order valence-corrected chi connectivity index (χ0v) is 15.8. The first-order valence-corrected chi connectivity index (χ1v) is 8.79. The van der Waals surface area contributed by atoms with Gasteiger partial charge in [0.15, 0.2) is 5.69 Å². The van der Waals surface area contributed by atoms with E-state index in [9.17, 15) is 4.79 Å². The molecule has 0 fully saturated rings. The third-order valence-corrected chi connectivity index (χ3v) is 4.16. The van der Waals surface area contributed by atoms with E-state index in [0.29, 0.717) is 11.5 Å². The Morgan fingerprint density at radius 1 is 1.27 bits per heavy atom. The second kappa shape index (κ2) is 8.26. The molecule has 0 spiro atoms. The molecule has 0 aliphatic carbocycles. The Bertz CT molecular complexity index is 1150. The molecule has 0 radical (unpaired) electrons. The second-order valence-corrected chi connectivity index (χ2v) is 6.18. The van der Waals surface area contributed by atoms with Crippen LogP contribution in [0.3, 0.4) is 0 Å². The highest BCUT2D eigenvalue weighted by atomic mass is 16.6. The Labute approximate surface area is 169 Å². The topological polar surface area (TPSA) is 153 Å². The van der Waals surface area contributed by atoms with Crippen molar-refractivity contribution in [2.75, 3.05) is 17.7 Å². The number of aromatic nitrogens is 5. The van der Waals surface area contributed by atoms with Crippen molar-refractivity contribution in [1.82, 2.24) is 30.7 Å². The highest BCUT2D eigenvalue weighted by Gasteiger charge is 2.25. The molecule has 3 N–H and O–H groups in total. The van der Waals surface area contributed by atoms with Crippen molar-refractivity contribution in [3.05, 3.63) is 65.9 Å². The fraction of sp³-hybridized carbons (Fsp3) is 0.111. The number of hydrogen-bond acceptors (Lipinski definition) is 10. The molecule has 12 heteroatoms. The lowest BCUT2D eigenvalue weighted by atomic mass is 10.2. The van der Waals surface area contributed by atoms with Crippen molar-refractivity contribution in [3.8, 4) is 5.82 Å². The smallest absolute Gasteiger partial charge is 0.293 e. The van der Waals surface area contributed by atoms with Crippen molar-refractivity contribution < 1.29 is 13.8 Å². The first-order chi connectivity index (χ1) is 14.6. The van der Waals surface area contributed by atoms with Gasteiger partial charge in [0.2, 0.25) is 11.6 Å². The number of hydrazone groups is 1. The van der Waals surface area contributed by atoms with Gasteiger partial charge in [0.05, 0.1) is 24.7 Å². The Balaban J connectivity index is 1.63. The number of anilines is 2. The molecule has 3 aromatic heterocycles. The average Bonchev–Trinajstić information content (AvgIpc) is 3.50. The largest absolute Gasteiger partial charge is 0.463 e. The van der Waals surface area contributed by atoms with Gasteiger partial charge < -0.3 is 15.1 Å². The van der Waals surface area contributed by atoms with Gasteiger partial charge in [-0.25, -0.2) is 10.1 Å². The Morgan fingerprint density at radius 3 is 2.80 bits per heavy atom. The number of nitrogen functional groups attached to an aromatic ring is 1. The molecule has 30 heavy (non-hydrogen) atoms. The van der Waals surface area contributed by atoms with Gasteiger partial charge in [0, 0.05) is 12.7 Å². The number of nitrogens with one attached hydrogen (secondary N) is 1. The summed E-state index contributed by atoms with van der Waals surface area (Å²) >= 11 is 0. The molecule has 4 rings (SSSR count). The van der Waals surface area contributed by atoms with Gasteiger partial charge in [0.1, 0.15) is 5.76 Å². The van der Waals surface area contributed by atoms with E-state index in [1.54, 1.807) is 12.1 Å². The molecule has 12 nitrogen and oxygen atoms in total.